The molecule has 0 spiro atoms. The third-order valence-electron chi connectivity index (χ3n) is 2.79. The van der Waals surface area contributed by atoms with E-state index in [1.165, 1.54) is 6.07 Å². The number of carbonyl (C=O) groups is 1. The Balaban J connectivity index is 2.90. The number of likely N-dealkylation sites (N-methyl/N-ethyl adjacent to an activating group) is 1. The topological polar surface area (TPSA) is 56.1 Å². The van der Waals surface area contributed by atoms with E-state index in [1.807, 2.05) is 5.32 Å². The quantitative estimate of drug-likeness (QED) is 0.858. The average molecular weight is 339 g/mol. The zero-order chi connectivity index (χ0) is 17.8. The van der Waals surface area contributed by atoms with Gasteiger partial charge in [-0.25, -0.2) is 0 Å². The van der Waals surface area contributed by atoms with Crippen LogP contribution in [0.15, 0.2) is 18.2 Å². The zero-order valence-corrected chi connectivity index (χ0v) is 11.7. The van der Waals surface area contributed by atoms with Gasteiger partial charge in [0, 0.05) is 12.7 Å². The molecule has 1 N–H and O–H groups in total. The van der Waals surface area contributed by atoms with Crippen LogP contribution < -0.4 is 10.2 Å². The van der Waals surface area contributed by atoms with Gasteiger partial charge in [0.05, 0.1) is 30.3 Å². The van der Waals surface area contributed by atoms with Gasteiger partial charge in [0.25, 0.3) is 0 Å². The van der Waals surface area contributed by atoms with Crippen molar-refractivity contribution in [1.29, 1.82) is 5.26 Å². The molecule has 10 heteroatoms. The van der Waals surface area contributed by atoms with Gasteiger partial charge in [-0.1, -0.05) is 0 Å². The van der Waals surface area contributed by atoms with Crippen molar-refractivity contribution in [1.82, 2.24) is 5.32 Å². The molecule has 1 aromatic carbocycles. The highest BCUT2D eigenvalue weighted by Gasteiger charge is 2.34. The fourth-order valence-electron chi connectivity index (χ4n) is 1.65. The predicted molar refractivity (Wildman–Crippen MR) is 68.5 cm³/mol. The Morgan fingerprint density at radius 1 is 1.26 bits per heavy atom. The Bertz CT molecular complexity index is 618. The van der Waals surface area contributed by atoms with Crippen molar-refractivity contribution in [2.45, 2.75) is 12.4 Å². The molecule has 0 unspecified atom stereocenters. The van der Waals surface area contributed by atoms with Gasteiger partial charge in [-0.3, -0.25) is 4.79 Å². The van der Waals surface area contributed by atoms with Crippen molar-refractivity contribution in [3.63, 3.8) is 0 Å². The van der Waals surface area contributed by atoms with Gasteiger partial charge in [0.2, 0.25) is 5.91 Å². The summed E-state index contributed by atoms with van der Waals surface area (Å²) in [6.07, 6.45) is -9.30. The summed E-state index contributed by atoms with van der Waals surface area (Å²) >= 11 is 0. The van der Waals surface area contributed by atoms with Gasteiger partial charge >= 0.3 is 12.4 Å². The highest BCUT2D eigenvalue weighted by molar-refractivity contribution is 5.94. The highest BCUT2D eigenvalue weighted by atomic mass is 19.4. The van der Waals surface area contributed by atoms with Crippen molar-refractivity contribution in [3.8, 4) is 6.07 Å². The molecule has 126 valence electrons. The summed E-state index contributed by atoms with van der Waals surface area (Å²) in [5.74, 6) is -0.855. The normalized spacial score (nSPS) is 11.9. The number of carbonyl (C=O) groups excluding carboxylic acids is 1. The minimum Gasteiger partial charge on any atom is -0.314 e. The summed E-state index contributed by atoms with van der Waals surface area (Å²) in [6.45, 7) is -2.09. The number of nitrogens with one attached hydrogen (secondary N) is 1. The summed E-state index contributed by atoms with van der Waals surface area (Å²) in [4.78, 5) is 12.5. The molecule has 0 saturated heterocycles. The molecule has 0 atom stereocenters. The van der Waals surface area contributed by atoms with E-state index in [9.17, 15) is 31.1 Å². The molecule has 0 radical (unpaired) electrons. The Morgan fingerprint density at radius 2 is 1.87 bits per heavy atom. The molecule has 0 fully saturated rings. The fraction of sp³-hybridized carbons (Fsp3) is 0.385. The number of nitrogens with zero attached hydrogens (tertiary/aromatic N) is 2. The summed E-state index contributed by atoms with van der Waals surface area (Å²) < 4.78 is 74.3. The minimum absolute atomic E-state index is 0.185. The molecule has 1 aromatic rings. The van der Waals surface area contributed by atoms with Crippen molar-refractivity contribution in [2.75, 3.05) is 25.0 Å². The van der Waals surface area contributed by atoms with Gasteiger partial charge in [-0.05, 0) is 18.2 Å². The molecule has 0 aliphatic heterocycles. The van der Waals surface area contributed by atoms with Gasteiger partial charge < -0.3 is 10.2 Å². The summed E-state index contributed by atoms with van der Waals surface area (Å²) in [5.41, 5.74) is -2.02. The maximum atomic E-state index is 12.8. The second kappa shape index (κ2) is 6.87. The Hall–Kier alpha value is -2.28. The standard InChI is InChI=1S/C13H11F6N3O/c1-22(11(23)6-21-7-12(14,15)16)9-3-2-8(5-20)10(4-9)13(17,18)19/h2-4,21H,6-7H2,1H3. The van der Waals surface area contributed by atoms with E-state index in [0.717, 1.165) is 24.1 Å². The Labute approximate surface area is 127 Å². The van der Waals surface area contributed by atoms with E-state index in [2.05, 4.69) is 0 Å². The van der Waals surface area contributed by atoms with Gasteiger partial charge in [0.15, 0.2) is 0 Å². The van der Waals surface area contributed by atoms with E-state index in [-0.39, 0.29) is 5.69 Å². The first-order chi connectivity index (χ1) is 10.5. The zero-order valence-electron chi connectivity index (χ0n) is 11.7. The summed E-state index contributed by atoms with van der Waals surface area (Å²) in [6, 6.07) is 3.99. The first-order valence-electron chi connectivity index (χ1n) is 6.11. The molecule has 0 aliphatic carbocycles. The van der Waals surface area contributed by atoms with Crippen LogP contribution in [0.3, 0.4) is 0 Å². The van der Waals surface area contributed by atoms with Crippen LogP contribution in [0.25, 0.3) is 0 Å². The number of halogens is 6. The van der Waals surface area contributed by atoms with Crippen LogP contribution in [0, 0.1) is 11.3 Å². The maximum absolute atomic E-state index is 12.8. The highest BCUT2D eigenvalue weighted by Crippen LogP contribution is 2.34. The van der Waals surface area contributed by atoms with Crippen LogP contribution in [0.4, 0.5) is 32.0 Å². The first-order valence-corrected chi connectivity index (χ1v) is 6.11. The second-order valence-corrected chi connectivity index (χ2v) is 4.51. The van der Waals surface area contributed by atoms with Crippen molar-refractivity contribution >= 4 is 11.6 Å². The van der Waals surface area contributed by atoms with E-state index in [4.69, 9.17) is 5.26 Å². The van der Waals surface area contributed by atoms with Crippen LogP contribution in [-0.2, 0) is 11.0 Å². The number of benzene rings is 1. The lowest BCUT2D eigenvalue weighted by Gasteiger charge is -2.20. The molecule has 0 saturated carbocycles. The van der Waals surface area contributed by atoms with Crippen LogP contribution in [0.1, 0.15) is 11.1 Å². The molecular weight excluding hydrogens is 328 g/mol. The molecule has 0 aliphatic rings. The van der Waals surface area contributed by atoms with Crippen LogP contribution in [0.5, 0.6) is 0 Å². The Morgan fingerprint density at radius 3 is 2.35 bits per heavy atom. The molecule has 0 heterocycles. The van der Waals surface area contributed by atoms with Gasteiger partial charge in [0.1, 0.15) is 0 Å². The predicted octanol–water partition coefficient (Wildman–Crippen LogP) is 2.69. The van der Waals surface area contributed by atoms with Crippen molar-refractivity contribution < 1.29 is 31.1 Å². The molecular formula is C13H11F6N3O. The lowest BCUT2D eigenvalue weighted by molar-refractivity contribution is -0.138. The van der Waals surface area contributed by atoms with Crippen LogP contribution in [0.2, 0.25) is 0 Å². The van der Waals surface area contributed by atoms with Crippen molar-refractivity contribution in [3.05, 3.63) is 29.3 Å². The van der Waals surface area contributed by atoms with E-state index in [0.29, 0.717) is 6.07 Å². The number of hydrogen-bond acceptors (Lipinski definition) is 3. The lowest BCUT2D eigenvalue weighted by atomic mass is 10.1. The maximum Gasteiger partial charge on any atom is 0.417 e. The number of nitriles is 1. The lowest BCUT2D eigenvalue weighted by Crippen LogP contribution is -2.39. The van der Waals surface area contributed by atoms with E-state index in [1.54, 1.807) is 0 Å². The molecule has 0 aromatic heterocycles. The third-order valence-corrected chi connectivity index (χ3v) is 2.79. The second-order valence-electron chi connectivity index (χ2n) is 4.51. The van der Waals surface area contributed by atoms with Crippen LogP contribution >= 0.6 is 0 Å². The molecule has 1 amide bonds. The average Bonchev–Trinajstić information content (AvgIpc) is 2.43. The largest absolute Gasteiger partial charge is 0.417 e. The number of hydrogen-bond donors (Lipinski definition) is 1. The third kappa shape index (κ3) is 5.45. The Kier molecular flexibility index (Phi) is 5.60. The molecule has 1 rings (SSSR count). The summed E-state index contributed by atoms with van der Waals surface area (Å²) in [7, 11) is 1.12. The summed E-state index contributed by atoms with van der Waals surface area (Å²) in [5, 5.41) is 10.5. The SMILES string of the molecule is CN(C(=O)CNCC(F)(F)F)c1ccc(C#N)c(C(F)(F)F)c1. The minimum atomic E-state index is -4.79. The monoisotopic (exact) mass is 339 g/mol. The fourth-order valence-corrected chi connectivity index (χ4v) is 1.65. The number of anilines is 1. The number of rotatable bonds is 4. The first kappa shape index (κ1) is 18.8. The van der Waals surface area contributed by atoms with Crippen LogP contribution in [-0.4, -0.2) is 32.2 Å². The molecule has 4 nitrogen and oxygen atoms in total. The van der Waals surface area contributed by atoms with E-state index < -0.39 is 42.5 Å². The molecule has 23 heavy (non-hydrogen) atoms. The number of alkyl halides is 6. The van der Waals surface area contributed by atoms with Gasteiger partial charge in [-0.15, -0.1) is 0 Å². The smallest absolute Gasteiger partial charge is 0.314 e. The van der Waals surface area contributed by atoms with Gasteiger partial charge in [-0.2, -0.15) is 31.6 Å². The van der Waals surface area contributed by atoms with Crippen molar-refractivity contribution in [2.24, 2.45) is 0 Å². The number of amides is 1. The van der Waals surface area contributed by atoms with E-state index >= 15 is 0 Å². The molecule has 0 bridgehead atoms.